The van der Waals surface area contributed by atoms with Crippen molar-refractivity contribution in [1.29, 1.82) is 0 Å². The van der Waals surface area contributed by atoms with Gasteiger partial charge in [0.2, 0.25) is 0 Å². The normalized spacial score (nSPS) is 13.0. The standard InChI is InChI=1S/C12H21IN2O/c1-4-6-7-15-12(11(13)8-14-15)9-16-10(3)5-2/h8,10H,4-7,9H2,1-3H3/t10-/m1/s1. The number of ether oxygens (including phenoxy) is 1. The lowest BCUT2D eigenvalue weighted by Gasteiger charge is -2.12. The van der Waals surface area contributed by atoms with Gasteiger partial charge < -0.3 is 4.74 Å². The van der Waals surface area contributed by atoms with E-state index in [-0.39, 0.29) is 0 Å². The lowest BCUT2D eigenvalue weighted by atomic mass is 10.3. The molecule has 0 radical (unpaired) electrons. The maximum Gasteiger partial charge on any atom is 0.0899 e. The molecule has 0 amide bonds. The van der Waals surface area contributed by atoms with Gasteiger partial charge >= 0.3 is 0 Å². The van der Waals surface area contributed by atoms with Gasteiger partial charge in [-0.15, -0.1) is 0 Å². The summed E-state index contributed by atoms with van der Waals surface area (Å²) in [6.45, 7) is 8.13. The molecule has 0 aliphatic rings. The van der Waals surface area contributed by atoms with Crippen LogP contribution in [-0.2, 0) is 17.9 Å². The van der Waals surface area contributed by atoms with Crippen molar-refractivity contribution in [3.05, 3.63) is 15.5 Å². The minimum atomic E-state index is 0.324. The van der Waals surface area contributed by atoms with Crippen LogP contribution in [0.1, 0.15) is 45.7 Å². The van der Waals surface area contributed by atoms with Crippen LogP contribution in [0.2, 0.25) is 0 Å². The fourth-order valence-electron chi connectivity index (χ4n) is 1.37. The highest BCUT2D eigenvalue weighted by Gasteiger charge is 2.09. The Morgan fingerprint density at radius 3 is 2.88 bits per heavy atom. The molecule has 1 aromatic heterocycles. The van der Waals surface area contributed by atoms with Gasteiger partial charge in [-0.2, -0.15) is 5.10 Å². The molecular weight excluding hydrogens is 315 g/mol. The SMILES string of the molecule is CCCCn1ncc(I)c1CO[C@H](C)CC. The highest BCUT2D eigenvalue weighted by atomic mass is 127. The molecule has 3 nitrogen and oxygen atoms in total. The monoisotopic (exact) mass is 336 g/mol. The molecule has 0 bridgehead atoms. The smallest absolute Gasteiger partial charge is 0.0899 e. The fourth-order valence-corrected chi connectivity index (χ4v) is 1.93. The van der Waals surface area contributed by atoms with Crippen molar-refractivity contribution in [3.8, 4) is 0 Å². The third-order valence-electron chi connectivity index (χ3n) is 2.70. The molecule has 92 valence electrons. The minimum absolute atomic E-state index is 0.324. The van der Waals surface area contributed by atoms with E-state index in [1.54, 1.807) is 0 Å². The number of unbranched alkanes of at least 4 members (excludes halogenated alkanes) is 1. The van der Waals surface area contributed by atoms with Crippen LogP contribution < -0.4 is 0 Å². The van der Waals surface area contributed by atoms with E-state index in [0.717, 1.165) is 13.0 Å². The summed E-state index contributed by atoms with van der Waals surface area (Å²) in [5.74, 6) is 0. The molecule has 0 fully saturated rings. The summed E-state index contributed by atoms with van der Waals surface area (Å²) in [6.07, 6.45) is 5.67. The Morgan fingerprint density at radius 1 is 1.50 bits per heavy atom. The molecule has 0 aliphatic carbocycles. The largest absolute Gasteiger partial charge is 0.372 e. The molecular formula is C12H21IN2O. The van der Waals surface area contributed by atoms with Crippen LogP contribution in [0.3, 0.4) is 0 Å². The third-order valence-corrected chi connectivity index (χ3v) is 3.60. The van der Waals surface area contributed by atoms with Gasteiger partial charge in [-0.05, 0) is 42.4 Å². The van der Waals surface area contributed by atoms with Crippen LogP contribution in [0.4, 0.5) is 0 Å². The molecule has 1 rings (SSSR count). The molecule has 0 aromatic carbocycles. The zero-order chi connectivity index (χ0) is 12.0. The highest BCUT2D eigenvalue weighted by Crippen LogP contribution is 2.15. The molecule has 1 aromatic rings. The summed E-state index contributed by atoms with van der Waals surface area (Å²) >= 11 is 2.33. The molecule has 0 aliphatic heterocycles. The van der Waals surface area contributed by atoms with E-state index in [0.29, 0.717) is 12.7 Å². The van der Waals surface area contributed by atoms with E-state index in [1.807, 2.05) is 6.20 Å². The third kappa shape index (κ3) is 4.05. The molecule has 16 heavy (non-hydrogen) atoms. The summed E-state index contributed by atoms with van der Waals surface area (Å²) in [5.41, 5.74) is 1.22. The zero-order valence-electron chi connectivity index (χ0n) is 10.4. The Bertz CT molecular complexity index is 312. The Hall–Kier alpha value is -0.100. The molecule has 0 spiro atoms. The Kier molecular flexibility index (Phi) is 6.34. The van der Waals surface area contributed by atoms with Gasteiger partial charge in [0.25, 0.3) is 0 Å². The maximum absolute atomic E-state index is 5.77. The highest BCUT2D eigenvalue weighted by molar-refractivity contribution is 14.1. The number of halogens is 1. The summed E-state index contributed by atoms with van der Waals surface area (Å²) in [5, 5.41) is 4.39. The van der Waals surface area contributed by atoms with Crippen LogP contribution >= 0.6 is 22.6 Å². The Balaban J connectivity index is 2.58. The van der Waals surface area contributed by atoms with Gasteiger partial charge in [-0.3, -0.25) is 4.68 Å². The van der Waals surface area contributed by atoms with Gasteiger partial charge in [-0.1, -0.05) is 20.3 Å². The van der Waals surface area contributed by atoms with E-state index in [9.17, 15) is 0 Å². The number of hydrogen-bond acceptors (Lipinski definition) is 2. The van der Waals surface area contributed by atoms with Gasteiger partial charge in [0.05, 0.1) is 28.2 Å². The molecule has 1 atom stereocenters. The van der Waals surface area contributed by atoms with Gasteiger partial charge in [0.1, 0.15) is 0 Å². The Morgan fingerprint density at radius 2 is 2.25 bits per heavy atom. The quantitative estimate of drug-likeness (QED) is 0.712. The van der Waals surface area contributed by atoms with E-state index in [4.69, 9.17) is 4.74 Å². The molecule has 4 heteroatoms. The fraction of sp³-hybridized carbons (Fsp3) is 0.750. The van der Waals surface area contributed by atoms with Crippen molar-refractivity contribution in [2.24, 2.45) is 0 Å². The first kappa shape index (κ1) is 14.0. The predicted octanol–water partition coefficient (Wildman–Crippen LogP) is 3.60. The molecule has 0 saturated carbocycles. The molecule has 1 heterocycles. The topological polar surface area (TPSA) is 27.1 Å². The van der Waals surface area contributed by atoms with Crippen molar-refractivity contribution >= 4 is 22.6 Å². The van der Waals surface area contributed by atoms with Crippen molar-refractivity contribution in [2.45, 2.75) is 59.3 Å². The predicted molar refractivity (Wildman–Crippen MR) is 74.4 cm³/mol. The second kappa shape index (κ2) is 7.27. The minimum Gasteiger partial charge on any atom is -0.372 e. The number of aryl methyl sites for hydroxylation is 1. The average Bonchev–Trinajstić information content (AvgIpc) is 2.64. The van der Waals surface area contributed by atoms with Crippen molar-refractivity contribution in [1.82, 2.24) is 9.78 Å². The van der Waals surface area contributed by atoms with Crippen molar-refractivity contribution < 1.29 is 4.74 Å². The van der Waals surface area contributed by atoms with Crippen LogP contribution in [0.5, 0.6) is 0 Å². The van der Waals surface area contributed by atoms with Crippen LogP contribution in [0, 0.1) is 3.57 Å². The van der Waals surface area contributed by atoms with Crippen LogP contribution in [0.25, 0.3) is 0 Å². The second-order valence-corrected chi connectivity index (χ2v) is 5.21. The van der Waals surface area contributed by atoms with E-state index in [1.165, 1.54) is 22.1 Å². The zero-order valence-corrected chi connectivity index (χ0v) is 12.5. The molecule has 0 N–H and O–H groups in total. The second-order valence-electron chi connectivity index (χ2n) is 4.05. The lowest BCUT2D eigenvalue weighted by molar-refractivity contribution is 0.0462. The number of aromatic nitrogens is 2. The summed E-state index contributed by atoms with van der Waals surface area (Å²) < 4.78 is 9.05. The van der Waals surface area contributed by atoms with Crippen LogP contribution in [-0.4, -0.2) is 15.9 Å². The first-order valence-electron chi connectivity index (χ1n) is 6.00. The van der Waals surface area contributed by atoms with Crippen LogP contribution in [0.15, 0.2) is 6.20 Å². The summed E-state index contributed by atoms with van der Waals surface area (Å²) in [4.78, 5) is 0. The van der Waals surface area contributed by atoms with Crippen molar-refractivity contribution in [2.75, 3.05) is 0 Å². The number of nitrogens with zero attached hydrogens (tertiary/aromatic N) is 2. The van der Waals surface area contributed by atoms with E-state index < -0.39 is 0 Å². The first-order chi connectivity index (χ1) is 7.69. The number of rotatable bonds is 7. The van der Waals surface area contributed by atoms with E-state index in [2.05, 4.69) is 53.1 Å². The molecule has 0 saturated heterocycles. The maximum atomic E-state index is 5.77. The van der Waals surface area contributed by atoms with Gasteiger partial charge in [0.15, 0.2) is 0 Å². The van der Waals surface area contributed by atoms with E-state index >= 15 is 0 Å². The number of hydrogen-bond donors (Lipinski definition) is 0. The average molecular weight is 336 g/mol. The Labute approximate surface area is 112 Å². The summed E-state index contributed by atoms with van der Waals surface area (Å²) in [6, 6.07) is 0. The lowest BCUT2D eigenvalue weighted by Crippen LogP contribution is -2.11. The van der Waals surface area contributed by atoms with Gasteiger partial charge in [-0.25, -0.2) is 0 Å². The summed E-state index contributed by atoms with van der Waals surface area (Å²) in [7, 11) is 0. The van der Waals surface area contributed by atoms with Gasteiger partial charge in [0, 0.05) is 6.54 Å². The van der Waals surface area contributed by atoms with Crippen molar-refractivity contribution in [3.63, 3.8) is 0 Å². The molecule has 0 unspecified atom stereocenters. The first-order valence-corrected chi connectivity index (χ1v) is 7.08.